The molecule has 2 rings (SSSR count). The Labute approximate surface area is 162 Å². The summed E-state index contributed by atoms with van der Waals surface area (Å²) >= 11 is 6.91. The SMILES string of the molecule is C=CCOc1c(Br)cc(/C=C(\C#N)c2ccc(C(=O)O)cc2)cc1Br. The van der Waals surface area contributed by atoms with Crippen molar-refractivity contribution in [3.63, 3.8) is 0 Å². The van der Waals surface area contributed by atoms with Gasteiger partial charge in [0.25, 0.3) is 0 Å². The molecule has 0 unspecified atom stereocenters. The molecule has 0 spiro atoms. The summed E-state index contributed by atoms with van der Waals surface area (Å²) in [5.74, 6) is -0.349. The summed E-state index contributed by atoms with van der Waals surface area (Å²) in [6, 6.07) is 12.0. The van der Waals surface area contributed by atoms with Gasteiger partial charge in [0.1, 0.15) is 12.4 Å². The number of allylic oxidation sites excluding steroid dienone is 1. The average Bonchev–Trinajstić information content (AvgIpc) is 2.59. The first-order valence-electron chi connectivity index (χ1n) is 7.14. The van der Waals surface area contributed by atoms with Gasteiger partial charge < -0.3 is 9.84 Å². The number of halogens is 2. The highest BCUT2D eigenvalue weighted by Crippen LogP contribution is 2.35. The van der Waals surface area contributed by atoms with Crippen LogP contribution in [0.2, 0.25) is 0 Å². The van der Waals surface area contributed by atoms with Crippen molar-refractivity contribution in [3.8, 4) is 11.8 Å². The van der Waals surface area contributed by atoms with Crippen LogP contribution < -0.4 is 4.74 Å². The Hall–Kier alpha value is -2.36. The van der Waals surface area contributed by atoms with Gasteiger partial charge in [-0.2, -0.15) is 5.26 Å². The number of benzene rings is 2. The molecule has 6 heteroatoms. The van der Waals surface area contributed by atoms with E-state index in [1.807, 2.05) is 12.1 Å². The molecule has 0 aromatic heterocycles. The maximum Gasteiger partial charge on any atom is 0.335 e. The largest absolute Gasteiger partial charge is 0.487 e. The molecule has 25 heavy (non-hydrogen) atoms. The molecule has 1 N–H and O–H groups in total. The highest BCUT2D eigenvalue weighted by Gasteiger charge is 2.10. The van der Waals surface area contributed by atoms with E-state index in [4.69, 9.17) is 9.84 Å². The summed E-state index contributed by atoms with van der Waals surface area (Å²) < 4.78 is 7.06. The van der Waals surface area contributed by atoms with Crippen LogP contribution in [0.4, 0.5) is 0 Å². The van der Waals surface area contributed by atoms with Crippen molar-refractivity contribution < 1.29 is 14.6 Å². The zero-order valence-corrected chi connectivity index (χ0v) is 16.2. The molecule has 0 saturated carbocycles. The standard InChI is InChI=1S/C19H13Br2NO3/c1-2-7-25-18-16(20)9-12(10-17(18)21)8-15(11-22)13-3-5-14(6-4-13)19(23)24/h2-6,8-10H,1,7H2,(H,23,24)/b15-8+. The predicted octanol–water partition coefficient (Wildman–Crippen LogP) is 5.54. The summed E-state index contributed by atoms with van der Waals surface area (Å²) in [6.45, 7) is 4.00. The second-order valence-electron chi connectivity index (χ2n) is 4.97. The van der Waals surface area contributed by atoms with Gasteiger partial charge in [0, 0.05) is 0 Å². The monoisotopic (exact) mass is 461 g/mol. The van der Waals surface area contributed by atoms with Crippen LogP contribution in [-0.4, -0.2) is 17.7 Å². The third kappa shape index (κ3) is 4.81. The smallest absolute Gasteiger partial charge is 0.335 e. The van der Waals surface area contributed by atoms with Gasteiger partial charge in [0.15, 0.2) is 0 Å². The van der Waals surface area contributed by atoms with Crippen molar-refractivity contribution in [3.05, 3.63) is 74.7 Å². The normalized spacial score (nSPS) is 10.8. The summed E-state index contributed by atoms with van der Waals surface area (Å²) in [4.78, 5) is 10.9. The Morgan fingerprint density at radius 1 is 1.20 bits per heavy atom. The van der Waals surface area contributed by atoms with Crippen molar-refractivity contribution in [2.45, 2.75) is 0 Å². The third-order valence-electron chi connectivity index (χ3n) is 3.24. The van der Waals surface area contributed by atoms with Gasteiger partial charge in [0.05, 0.1) is 26.2 Å². The summed E-state index contributed by atoms with van der Waals surface area (Å²) in [5.41, 5.74) is 2.04. The number of rotatable bonds is 6. The number of nitriles is 1. The summed E-state index contributed by atoms with van der Waals surface area (Å²) in [5, 5.41) is 18.4. The number of carbonyl (C=O) groups is 1. The number of hydrogen-bond donors (Lipinski definition) is 1. The maximum absolute atomic E-state index is 10.9. The van der Waals surface area contributed by atoms with Crippen LogP contribution in [0.15, 0.2) is 58.0 Å². The first kappa shape index (κ1) is 19.0. The molecule has 0 aliphatic carbocycles. The van der Waals surface area contributed by atoms with Gasteiger partial charge >= 0.3 is 5.97 Å². The molecule has 0 saturated heterocycles. The minimum absolute atomic E-state index is 0.176. The molecular formula is C19H13Br2NO3. The quantitative estimate of drug-likeness (QED) is 0.347. The van der Waals surface area contributed by atoms with E-state index in [0.29, 0.717) is 23.5 Å². The van der Waals surface area contributed by atoms with E-state index in [1.165, 1.54) is 12.1 Å². The number of nitrogens with zero attached hydrogens (tertiary/aromatic N) is 1. The number of carboxylic acid groups (broad SMARTS) is 1. The molecule has 0 bridgehead atoms. The van der Waals surface area contributed by atoms with Crippen LogP contribution in [0.25, 0.3) is 11.6 Å². The first-order valence-corrected chi connectivity index (χ1v) is 8.73. The number of ether oxygens (including phenoxy) is 1. The zero-order valence-electron chi connectivity index (χ0n) is 13.0. The van der Waals surface area contributed by atoms with E-state index in [9.17, 15) is 10.1 Å². The number of carboxylic acids is 1. The first-order chi connectivity index (χ1) is 12.0. The Morgan fingerprint density at radius 2 is 1.76 bits per heavy atom. The van der Waals surface area contributed by atoms with Crippen LogP contribution in [-0.2, 0) is 0 Å². The second-order valence-corrected chi connectivity index (χ2v) is 6.67. The minimum atomic E-state index is -1.00. The maximum atomic E-state index is 10.9. The van der Waals surface area contributed by atoms with Gasteiger partial charge in [0.2, 0.25) is 0 Å². The minimum Gasteiger partial charge on any atom is -0.487 e. The zero-order chi connectivity index (χ0) is 18.4. The van der Waals surface area contributed by atoms with Crippen LogP contribution in [0.3, 0.4) is 0 Å². The Morgan fingerprint density at radius 3 is 2.24 bits per heavy atom. The summed E-state index contributed by atoms with van der Waals surface area (Å²) in [6.07, 6.45) is 3.38. The van der Waals surface area contributed by atoms with Gasteiger partial charge in [-0.05, 0) is 73.3 Å². The van der Waals surface area contributed by atoms with Gasteiger partial charge in [-0.25, -0.2) is 4.79 Å². The van der Waals surface area contributed by atoms with E-state index in [0.717, 1.165) is 14.5 Å². The van der Waals surface area contributed by atoms with Crippen molar-refractivity contribution in [2.75, 3.05) is 6.61 Å². The van der Waals surface area contributed by atoms with E-state index < -0.39 is 5.97 Å². The fourth-order valence-corrected chi connectivity index (χ4v) is 3.53. The average molecular weight is 463 g/mol. The van der Waals surface area contributed by atoms with Gasteiger partial charge in [-0.1, -0.05) is 24.8 Å². The van der Waals surface area contributed by atoms with Crippen LogP contribution in [0.5, 0.6) is 5.75 Å². The lowest BCUT2D eigenvalue weighted by Crippen LogP contribution is -1.96. The van der Waals surface area contributed by atoms with Crippen LogP contribution in [0, 0.1) is 11.3 Å². The van der Waals surface area contributed by atoms with Crippen molar-refractivity contribution in [1.29, 1.82) is 5.26 Å². The molecule has 0 aliphatic heterocycles. The highest BCUT2D eigenvalue weighted by molar-refractivity contribution is 9.11. The Balaban J connectivity index is 2.38. The van der Waals surface area contributed by atoms with Crippen LogP contribution in [0.1, 0.15) is 21.5 Å². The molecule has 0 amide bonds. The van der Waals surface area contributed by atoms with Crippen molar-refractivity contribution >= 4 is 49.5 Å². The van der Waals surface area contributed by atoms with E-state index >= 15 is 0 Å². The lowest BCUT2D eigenvalue weighted by atomic mass is 10.0. The van der Waals surface area contributed by atoms with E-state index in [1.54, 1.807) is 24.3 Å². The topological polar surface area (TPSA) is 70.3 Å². The molecule has 0 radical (unpaired) electrons. The summed E-state index contributed by atoms with van der Waals surface area (Å²) in [7, 11) is 0. The van der Waals surface area contributed by atoms with Gasteiger partial charge in [-0.3, -0.25) is 0 Å². The van der Waals surface area contributed by atoms with Gasteiger partial charge in [-0.15, -0.1) is 0 Å². The predicted molar refractivity (Wildman–Crippen MR) is 104 cm³/mol. The molecular weight excluding hydrogens is 450 g/mol. The Kier molecular flexibility index (Phi) is 6.57. The number of aromatic carboxylic acids is 1. The number of hydrogen-bond acceptors (Lipinski definition) is 3. The second kappa shape index (κ2) is 8.65. The van der Waals surface area contributed by atoms with Crippen molar-refractivity contribution in [1.82, 2.24) is 0 Å². The lowest BCUT2D eigenvalue weighted by molar-refractivity contribution is 0.0697. The van der Waals surface area contributed by atoms with Crippen LogP contribution >= 0.6 is 31.9 Å². The van der Waals surface area contributed by atoms with E-state index in [2.05, 4.69) is 44.5 Å². The molecule has 0 aliphatic rings. The lowest BCUT2D eigenvalue weighted by Gasteiger charge is -2.10. The van der Waals surface area contributed by atoms with E-state index in [-0.39, 0.29) is 5.56 Å². The fraction of sp³-hybridized carbons (Fsp3) is 0.0526. The van der Waals surface area contributed by atoms with Crippen molar-refractivity contribution in [2.24, 2.45) is 0 Å². The fourth-order valence-electron chi connectivity index (χ4n) is 2.08. The molecule has 2 aromatic carbocycles. The third-order valence-corrected chi connectivity index (χ3v) is 4.42. The molecule has 0 atom stereocenters. The molecule has 4 nitrogen and oxygen atoms in total. The molecule has 126 valence electrons. The highest BCUT2D eigenvalue weighted by atomic mass is 79.9. The molecule has 2 aromatic rings. The Bertz CT molecular complexity index is 858. The molecule has 0 heterocycles. The molecule has 0 fully saturated rings.